The van der Waals surface area contributed by atoms with Crippen molar-refractivity contribution in [2.75, 3.05) is 26.7 Å². The predicted octanol–water partition coefficient (Wildman–Crippen LogP) is 3.85. The van der Waals surface area contributed by atoms with Crippen LogP contribution in [0.15, 0.2) is 60.7 Å². The molecule has 0 radical (unpaired) electrons. The molecule has 134 valence electrons. The summed E-state index contributed by atoms with van der Waals surface area (Å²) in [7, 11) is 1.86. The number of fused-ring (bicyclic) bond motifs is 1. The number of carbonyl (C=O) groups is 1. The average molecular weight is 348 g/mol. The van der Waals surface area contributed by atoms with E-state index in [9.17, 15) is 4.79 Å². The Hall–Kier alpha value is -2.85. The molecule has 4 nitrogen and oxygen atoms in total. The van der Waals surface area contributed by atoms with Gasteiger partial charge in [-0.1, -0.05) is 36.4 Å². The van der Waals surface area contributed by atoms with Crippen LogP contribution in [0.1, 0.15) is 17.3 Å². The molecule has 26 heavy (non-hydrogen) atoms. The Morgan fingerprint density at radius 2 is 1.73 bits per heavy atom. The van der Waals surface area contributed by atoms with E-state index in [1.54, 1.807) is 0 Å². The highest BCUT2D eigenvalue weighted by atomic mass is 16.5. The van der Waals surface area contributed by atoms with Crippen LogP contribution in [0.4, 0.5) is 0 Å². The number of para-hydroxylation sites is 1. The van der Waals surface area contributed by atoms with Gasteiger partial charge in [-0.3, -0.25) is 4.79 Å². The second-order valence-electron chi connectivity index (χ2n) is 6.07. The number of nitrogens with one attached hydrogen (secondary N) is 2. The lowest BCUT2D eigenvalue weighted by Gasteiger charge is -2.11. The van der Waals surface area contributed by atoms with E-state index in [1.807, 2.05) is 50.4 Å². The van der Waals surface area contributed by atoms with Crippen molar-refractivity contribution in [3.05, 3.63) is 66.2 Å². The van der Waals surface area contributed by atoms with Crippen molar-refractivity contribution in [3.8, 4) is 16.9 Å². The highest BCUT2D eigenvalue weighted by molar-refractivity contribution is 5.99. The summed E-state index contributed by atoms with van der Waals surface area (Å²) in [4.78, 5) is 12.2. The SMILES string of the molecule is CCOc1ccccc1-c1ccc2cc(C(=O)NCCNC)ccc2c1. The van der Waals surface area contributed by atoms with Gasteiger partial charge in [0.15, 0.2) is 0 Å². The third-order valence-electron chi connectivity index (χ3n) is 4.26. The molecule has 0 atom stereocenters. The maximum atomic E-state index is 12.2. The zero-order chi connectivity index (χ0) is 18.4. The largest absolute Gasteiger partial charge is 0.493 e. The third kappa shape index (κ3) is 4.03. The van der Waals surface area contributed by atoms with Gasteiger partial charge < -0.3 is 15.4 Å². The fourth-order valence-electron chi connectivity index (χ4n) is 2.94. The standard InChI is InChI=1S/C22H24N2O2/c1-3-26-21-7-5-4-6-20(21)18-10-8-17-15-19(11-9-16(17)14-18)22(25)24-13-12-23-2/h4-11,14-15,23H,3,12-13H2,1-2H3,(H,24,25). The van der Waals surface area contributed by atoms with E-state index >= 15 is 0 Å². The molecule has 0 aliphatic heterocycles. The van der Waals surface area contributed by atoms with Crippen LogP contribution in [0, 0.1) is 0 Å². The molecule has 0 aliphatic rings. The summed E-state index contributed by atoms with van der Waals surface area (Å²) in [5.74, 6) is 0.836. The number of amides is 1. The number of hydrogen-bond acceptors (Lipinski definition) is 3. The predicted molar refractivity (Wildman–Crippen MR) is 107 cm³/mol. The molecule has 0 fully saturated rings. The molecule has 0 spiro atoms. The molecule has 1 amide bonds. The number of benzene rings is 3. The third-order valence-corrected chi connectivity index (χ3v) is 4.26. The molecule has 0 saturated heterocycles. The van der Waals surface area contributed by atoms with Gasteiger partial charge in [-0.25, -0.2) is 0 Å². The number of ether oxygens (including phenoxy) is 1. The highest BCUT2D eigenvalue weighted by Gasteiger charge is 2.09. The van der Waals surface area contributed by atoms with Gasteiger partial charge in [0.05, 0.1) is 6.61 Å². The lowest BCUT2D eigenvalue weighted by molar-refractivity contribution is 0.0954. The Bertz CT molecular complexity index is 906. The molecular weight excluding hydrogens is 324 g/mol. The zero-order valence-corrected chi connectivity index (χ0v) is 15.2. The van der Waals surface area contributed by atoms with Crippen LogP contribution in [0.3, 0.4) is 0 Å². The summed E-state index contributed by atoms with van der Waals surface area (Å²) in [5.41, 5.74) is 2.86. The quantitative estimate of drug-likeness (QED) is 0.638. The first kappa shape index (κ1) is 18.0. The molecule has 0 aliphatic carbocycles. The van der Waals surface area contributed by atoms with Crippen LogP contribution in [0.5, 0.6) is 5.75 Å². The van der Waals surface area contributed by atoms with Gasteiger partial charge in [-0.2, -0.15) is 0 Å². The molecule has 3 aromatic rings. The van der Waals surface area contributed by atoms with E-state index in [4.69, 9.17) is 4.74 Å². The van der Waals surface area contributed by atoms with Crippen LogP contribution in [0.2, 0.25) is 0 Å². The van der Waals surface area contributed by atoms with Crippen molar-refractivity contribution in [2.45, 2.75) is 6.92 Å². The smallest absolute Gasteiger partial charge is 0.251 e. The van der Waals surface area contributed by atoms with E-state index in [1.165, 1.54) is 0 Å². The average Bonchev–Trinajstić information content (AvgIpc) is 2.68. The molecule has 2 N–H and O–H groups in total. The maximum absolute atomic E-state index is 12.2. The van der Waals surface area contributed by atoms with Gasteiger partial charge >= 0.3 is 0 Å². The Morgan fingerprint density at radius 3 is 2.54 bits per heavy atom. The Kier molecular flexibility index (Phi) is 5.87. The van der Waals surface area contributed by atoms with Crippen molar-refractivity contribution in [1.29, 1.82) is 0 Å². The van der Waals surface area contributed by atoms with Gasteiger partial charge in [-0.05, 0) is 54.6 Å². The van der Waals surface area contributed by atoms with E-state index in [2.05, 4.69) is 34.9 Å². The lowest BCUT2D eigenvalue weighted by Crippen LogP contribution is -2.30. The Labute approximate surface area is 154 Å². The van der Waals surface area contributed by atoms with E-state index < -0.39 is 0 Å². The van der Waals surface area contributed by atoms with E-state index in [0.717, 1.165) is 34.2 Å². The minimum Gasteiger partial charge on any atom is -0.493 e. The molecule has 0 heterocycles. The lowest BCUT2D eigenvalue weighted by atomic mass is 9.99. The summed E-state index contributed by atoms with van der Waals surface area (Å²) < 4.78 is 5.74. The maximum Gasteiger partial charge on any atom is 0.251 e. The molecule has 3 aromatic carbocycles. The van der Waals surface area contributed by atoms with Crippen LogP contribution in [-0.2, 0) is 0 Å². The van der Waals surface area contributed by atoms with Crippen molar-refractivity contribution in [2.24, 2.45) is 0 Å². The molecule has 0 bridgehead atoms. The monoisotopic (exact) mass is 348 g/mol. The first-order valence-electron chi connectivity index (χ1n) is 8.91. The Morgan fingerprint density at radius 1 is 0.962 bits per heavy atom. The van der Waals surface area contributed by atoms with Gasteiger partial charge in [0.1, 0.15) is 5.75 Å². The van der Waals surface area contributed by atoms with E-state index in [-0.39, 0.29) is 5.91 Å². The van der Waals surface area contributed by atoms with Crippen LogP contribution < -0.4 is 15.4 Å². The topological polar surface area (TPSA) is 50.4 Å². The van der Waals surface area contributed by atoms with Crippen LogP contribution >= 0.6 is 0 Å². The summed E-state index contributed by atoms with van der Waals surface area (Å²) >= 11 is 0. The van der Waals surface area contributed by atoms with Gasteiger partial charge in [0.25, 0.3) is 5.91 Å². The number of likely N-dealkylation sites (N-methyl/N-ethyl adjacent to an activating group) is 1. The second-order valence-corrected chi connectivity index (χ2v) is 6.07. The van der Waals surface area contributed by atoms with Crippen molar-refractivity contribution in [3.63, 3.8) is 0 Å². The highest BCUT2D eigenvalue weighted by Crippen LogP contribution is 2.32. The molecule has 0 aromatic heterocycles. The molecule has 4 heteroatoms. The fourth-order valence-corrected chi connectivity index (χ4v) is 2.94. The van der Waals surface area contributed by atoms with Gasteiger partial charge in [0.2, 0.25) is 0 Å². The van der Waals surface area contributed by atoms with Crippen molar-refractivity contribution >= 4 is 16.7 Å². The first-order valence-corrected chi connectivity index (χ1v) is 8.91. The summed E-state index contributed by atoms with van der Waals surface area (Å²) in [6.07, 6.45) is 0. The van der Waals surface area contributed by atoms with Gasteiger partial charge in [-0.15, -0.1) is 0 Å². The Balaban J connectivity index is 1.89. The number of hydrogen-bond donors (Lipinski definition) is 2. The summed E-state index contributed by atoms with van der Waals surface area (Å²) in [6.45, 7) is 3.99. The zero-order valence-electron chi connectivity index (χ0n) is 15.2. The fraction of sp³-hybridized carbons (Fsp3) is 0.227. The van der Waals surface area contributed by atoms with E-state index in [0.29, 0.717) is 18.7 Å². The summed E-state index contributed by atoms with van der Waals surface area (Å²) in [5, 5.41) is 8.06. The summed E-state index contributed by atoms with van der Waals surface area (Å²) in [6, 6.07) is 20.1. The van der Waals surface area contributed by atoms with Gasteiger partial charge in [0, 0.05) is 24.2 Å². The van der Waals surface area contributed by atoms with Crippen molar-refractivity contribution in [1.82, 2.24) is 10.6 Å². The minimum atomic E-state index is -0.0482. The first-order chi connectivity index (χ1) is 12.7. The minimum absolute atomic E-state index is 0.0482. The van der Waals surface area contributed by atoms with Crippen LogP contribution in [-0.4, -0.2) is 32.7 Å². The number of rotatable bonds is 7. The molecule has 0 saturated carbocycles. The normalized spacial score (nSPS) is 10.7. The second kappa shape index (κ2) is 8.50. The molecule has 3 rings (SSSR count). The van der Waals surface area contributed by atoms with Crippen LogP contribution in [0.25, 0.3) is 21.9 Å². The van der Waals surface area contributed by atoms with Crippen molar-refractivity contribution < 1.29 is 9.53 Å². The number of carbonyl (C=O) groups excluding carboxylic acids is 1. The molecule has 0 unspecified atom stereocenters. The molecular formula is C22H24N2O2.